The number of rotatable bonds is 4. The van der Waals surface area contributed by atoms with Crippen LogP contribution in [0, 0.1) is 5.92 Å². The first kappa shape index (κ1) is 13.6. The molecule has 2 fully saturated rings. The van der Waals surface area contributed by atoms with Crippen LogP contribution in [0.3, 0.4) is 0 Å². The van der Waals surface area contributed by atoms with Gasteiger partial charge < -0.3 is 15.0 Å². The number of fused-ring (bicyclic) bond motifs is 1. The van der Waals surface area contributed by atoms with Crippen molar-refractivity contribution in [3.8, 4) is 5.75 Å². The van der Waals surface area contributed by atoms with E-state index in [0.717, 1.165) is 25.0 Å². The number of benzene rings is 1. The first-order valence-corrected chi connectivity index (χ1v) is 8.02. The Balaban J connectivity index is 1.28. The fourth-order valence-corrected chi connectivity index (χ4v) is 3.37. The minimum Gasteiger partial charge on any atom is -0.488 e. The van der Waals surface area contributed by atoms with E-state index in [1.54, 1.807) is 0 Å². The van der Waals surface area contributed by atoms with E-state index in [4.69, 9.17) is 4.74 Å². The predicted octanol–water partition coefficient (Wildman–Crippen LogP) is 1.12. The first-order chi connectivity index (χ1) is 10.7. The molecule has 1 saturated heterocycles. The standard InChI is InChI=1S/C17H20N2O3/c20-16-8-12(10-19(16)13-5-6-13)17(21)18-9-14-7-11-3-1-2-4-15(11)22-14/h1-4,12-14H,5-10H2,(H,18,21). The topological polar surface area (TPSA) is 58.6 Å². The van der Waals surface area contributed by atoms with Crippen LogP contribution >= 0.6 is 0 Å². The molecule has 1 N–H and O–H groups in total. The largest absolute Gasteiger partial charge is 0.488 e. The van der Waals surface area contributed by atoms with Crippen LogP contribution < -0.4 is 10.1 Å². The Hall–Kier alpha value is -2.04. The second-order valence-corrected chi connectivity index (χ2v) is 6.48. The van der Waals surface area contributed by atoms with E-state index in [0.29, 0.717) is 25.6 Å². The zero-order chi connectivity index (χ0) is 15.1. The van der Waals surface area contributed by atoms with Gasteiger partial charge in [-0.2, -0.15) is 0 Å². The Morgan fingerprint density at radius 2 is 2.09 bits per heavy atom. The van der Waals surface area contributed by atoms with Crippen LogP contribution in [0.1, 0.15) is 24.8 Å². The van der Waals surface area contributed by atoms with E-state index < -0.39 is 0 Å². The van der Waals surface area contributed by atoms with Gasteiger partial charge in [-0.1, -0.05) is 18.2 Å². The maximum Gasteiger partial charge on any atom is 0.225 e. The Morgan fingerprint density at radius 1 is 1.27 bits per heavy atom. The third-order valence-corrected chi connectivity index (χ3v) is 4.73. The summed E-state index contributed by atoms with van der Waals surface area (Å²) in [5, 5.41) is 2.96. The number of nitrogens with zero attached hydrogens (tertiary/aromatic N) is 1. The fraction of sp³-hybridized carbons (Fsp3) is 0.529. The predicted molar refractivity (Wildman–Crippen MR) is 80.4 cm³/mol. The van der Waals surface area contributed by atoms with Gasteiger partial charge in [-0.15, -0.1) is 0 Å². The van der Waals surface area contributed by atoms with Crippen molar-refractivity contribution in [3.05, 3.63) is 29.8 Å². The smallest absolute Gasteiger partial charge is 0.225 e. The summed E-state index contributed by atoms with van der Waals surface area (Å²) >= 11 is 0. The summed E-state index contributed by atoms with van der Waals surface area (Å²) in [6, 6.07) is 8.37. The van der Waals surface area contributed by atoms with Gasteiger partial charge >= 0.3 is 0 Å². The van der Waals surface area contributed by atoms with Crippen LogP contribution in [0.4, 0.5) is 0 Å². The molecule has 1 aromatic rings. The molecule has 4 rings (SSSR count). The van der Waals surface area contributed by atoms with Crippen molar-refractivity contribution in [2.24, 2.45) is 5.92 Å². The molecule has 0 spiro atoms. The van der Waals surface area contributed by atoms with Crippen molar-refractivity contribution in [2.45, 2.75) is 37.8 Å². The molecular weight excluding hydrogens is 280 g/mol. The molecule has 5 nitrogen and oxygen atoms in total. The number of carbonyl (C=O) groups is 2. The van der Waals surface area contributed by atoms with Crippen molar-refractivity contribution in [1.82, 2.24) is 10.2 Å². The summed E-state index contributed by atoms with van der Waals surface area (Å²) in [6.07, 6.45) is 3.36. The van der Waals surface area contributed by atoms with Gasteiger partial charge in [-0.25, -0.2) is 0 Å². The molecule has 2 atom stereocenters. The minimum atomic E-state index is -0.197. The number of para-hydroxylation sites is 1. The lowest BCUT2D eigenvalue weighted by Crippen LogP contribution is -2.39. The van der Waals surface area contributed by atoms with Crippen LogP contribution in [0.2, 0.25) is 0 Å². The van der Waals surface area contributed by atoms with Gasteiger partial charge in [-0.3, -0.25) is 9.59 Å². The van der Waals surface area contributed by atoms with Gasteiger partial charge in [0.25, 0.3) is 0 Å². The Morgan fingerprint density at radius 3 is 2.86 bits per heavy atom. The van der Waals surface area contributed by atoms with Gasteiger partial charge in [0.1, 0.15) is 11.9 Å². The third kappa shape index (κ3) is 2.56. The number of hydrogen-bond acceptors (Lipinski definition) is 3. The zero-order valence-corrected chi connectivity index (χ0v) is 12.5. The van der Waals surface area contributed by atoms with Gasteiger partial charge in [0.15, 0.2) is 0 Å². The van der Waals surface area contributed by atoms with Crippen LogP contribution in [-0.2, 0) is 16.0 Å². The van der Waals surface area contributed by atoms with E-state index in [2.05, 4.69) is 11.4 Å². The molecule has 2 heterocycles. The minimum absolute atomic E-state index is 0.00186. The summed E-state index contributed by atoms with van der Waals surface area (Å²) in [4.78, 5) is 26.0. The molecule has 2 amide bonds. The van der Waals surface area contributed by atoms with Crippen molar-refractivity contribution in [2.75, 3.05) is 13.1 Å². The molecule has 2 unspecified atom stereocenters. The molecule has 2 aliphatic heterocycles. The average Bonchev–Trinajstić information content (AvgIpc) is 3.15. The molecule has 22 heavy (non-hydrogen) atoms. The molecule has 5 heteroatoms. The average molecular weight is 300 g/mol. The fourth-order valence-electron chi connectivity index (χ4n) is 3.37. The molecule has 3 aliphatic rings. The molecule has 1 saturated carbocycles. The zero-order valence-electron chi connectivity index (χ0n) is 12.5. The van der Waals surface area contributed by atoms with Gasteiger partial charge in [0, 0.05) is 25.4 Å². The van der Waals surface area contributed by atoms with Crippen molar-refractivity contribution < 1.29 is 14.3 Å². The Bertz CT molecular complexity index is 587. The third-order valence-electron chi connectivity index (χ3n) is 4.73. The van der Waals surface area contributed by atoms with Crippen LogP contribution in [0.25, 0.3) is 0 Å². The number of likely N-dealkylation sites (tertiary alicyclic amines) is 1. The number of hydrogen-bond donors (Lipinski definition) is 1. The Kier molecular flexibility index (Phi) is 3.28. The van der Waals surface area contributed by atoms with E-state index in [-0.39, 0.29) is 23.8 Å². The highest BCUT2D eigenvalue weighted by molar-refractivity contribution is 5.89. The maximum absolute atomic E-state index is 12.3. The SMILES string of the molecule is O=C(NCC1Cc2ccccc2O1)C1CC(=O)N(C2CC2)C1. The molecular formula is C17H20N2O3. The highest BCUT2D eigenvalue weighted by atomic mass is 16.5. The number of ether oxygens (including phenoxy) is 1. The summed E-state index contributed by atoms with van der Waals surface area (Å²) in [7, 11) is 0. The lowest BCUT2D eigenvalue weighted by atomic mass is 10.1. The molecule has 0 radical (unpaired) electrons. The lowest BCUT2D eigenvalue weighted by molar-refractivity contribution is -0.129. The van der Waals surface area contributed by atoms with Crippen molar-refractivity contribution >= 4 is 11.8 Å². The molecule has 0 bridgehead atoms. The number of carbonyl (C=O) groups excluding carboxylic acids is 2. The highest BCUT2D eigenvalue weighted by Crippen LogP contribution is 2.32. The molecule has 116 valence electrons. The molecule has 1 aromatic carbocycles. The number of nitrogens with one attached hydrogen (secondary N) is 1. The van der Waals surface area contributed by atoms with Crippen LogP contribution in [0.15, 0.2) is 24.3 Å². The van der Waals surface area contributed by atoms with E-state index >= 15 is 0 Å². The van der Waals surface area contributed by atoms with E-state index in [9.17, 15) is 9.59 Å². The van der Waals surface area contributed by atoms with Crippen molar-refractivity contribution in [3.63, 3.8) is 0 Å². The quantitative estimate of drug-likeness (QED) is 0.906. The monoisotopic (exact) mass is 300 g/mol. The lowest BCUT2D eigenvalue weighted by Gasteiger charge is -2.16. The van der Waals surface area contributed by atoms with Crippen LogP contribution in [-0.4, -0.2) is 41.9 Å². The second-order valence-electron chi connectivity index (χ2n) is 6.48. The maximum atomic E-state index is 12.3. The summed E-state index contributed by atoms with van der Waals surface area (Å²) in [5.74, 6) is 0.831. The normalized spacial score (nSPS) is 26.7. The van der Waals surface area contributed by atoms with Gasteiger partial charge in [0.05, 0.1) is 12.5 Å². The second kappa shape index (κ2) is 5.30. The first-order valence-electron chi connectivity index (χ1n) is 8.02. The Labute approximate surface area is 129 Å². The van der Waals surface area contributed by atoms with Crippen molar-refractivity contribution in [1.29, 1.82) is 0 Å². The van der Waals surface area contributed by atoms with E-state index in [1.165, 1.54) is 5.56 Å². The summed E-state index contributed by atoms with van der Waals surface area (Å²) in [6.45, 7) is 1.09. The van der Waals surface area contributed by atoms with Gasteiger partial charge in [0.2, 0.25) is 11.8 Å². The molecule has 1 aliphatic carbocycles. The summed E-state index contributed by atoms with van der Waals surface area (Å²) in [5.41, 5.74) is 1.19. The van der Waals surface area contributed by atoms with Crippen LogP contribution in [0.5, 0.6) is 5.75 Å². The highest BCUT2D eigenvalue weighted by Gasteiger charge is 2.41. The molecule has 0 aromatic heterocycles. The van der Waals surface area contributed by atoms with Gasteiger partial charge in [-0.05, 0) is 24.5 Å². The van der Waals surface area contributed by atoms with E-state index in [1.807, 2.05) is 23.1 Å². The summed E-state index contributed by atoms with van der Waals surface area (Å²) < 4.78 is 5.82. The number of amides is 2.